The number of amides is 1. The van der Waals surface area contributed by atoms with Crippen molar-refractivity contribution in [3.05, 3.63) is 87.2 Å². The molecule has 202 valence electrons. The highest BCUT2D eigenvalue weighted by Crippen LogP contribution is 2.44. The lowest BCUT2D eigenvalue weighted by atomic mass is 9.77. The second-order valence-electron chi connectivity index (χ2n) is 10.7. The largest absolute Gasteiger partial charge is 0.492 e. The van der Waals surface area contributed by atoms with Crippen LogP contribution in [0.4, 0.5) is 4.79 Å². The lowest BCUT2D eigenvalue weighted by molar-refractivity contribution is 0.00578. The topological polar surface area (TPSA) is 103 Å². The predicted molar refractivity (Wildman–Crippen MR) is 154 cm³/mol. The summed E-state index contributed by atoms with van der Waals surface area (Å²) >= 11 is 1.35. The second kappa shape index (κ2) is 10.7. The molecule has 1 saturated heterocycles. The van der Waals surface area contributed by atoms with Crippen molar-refractivity contribution in [1.82, 2.24) is 15.3 Å². The number of rotatable bonds is 7. The van der Waals surface area contributed by atoms with E-state index in [1.807, 2.05) is 58.2 Å². The maximum absolute atomic E-state index is 12.9. The Morgan fingerprint density at radius 3 is 2.23 bits per heavy atom. The number of nitrogens with one attached hydrogen (secondary N) is 2. The third-order valence-corrected chi connectivity index (χ3v) is 8.27. The Bertz CT molecular complexity index is 1420. The van der Waals surface area contributed by atoms with E-state index >= 15 is 0 Å². The van der Waals surface area contributed by atoms with Crippen molar-refractivity contribution in [2.45, 2.75) is 50.0 Å². The molecule has 3 aromatic rings. The molecule has 2 heterocycles. The van der Waals surface area contributed by atoms with Gasteiger partial charge in [-0.1, -0.05) is 66.4 Å². The molecule has 1 amide bonds. The molecule has 5 rings (SSSR count). The fraction of sp³-hybridized carbons (Fsp3) is 0.345. The van der Waals surface area contributed by atoms with Crippen LogP contribution in [0.2, 0.25) is 0 Å². The molecular formula is C29H32BN3O5S. The number of H-pyrrole nitrogens is 1. The molecule has 1 aliphatic heterocycles. The Morgan fingerprint density at radius 2 is 1.67 bits per heavy atom. The highest BCUT2D eigenvalue weighted by atomic mass is 32.2. The van der Waals surface area contributed by atoms with Gasteiger partial charge in [0.2, 0.25) is 0 Å². The molecule has 0 spiro atoms. The van der Waals surface area contributed by atoms with E-state index in [2.05, 4.69) is 39.6 Å². The van der Waals surface area contributed by atoms with Crippen molar-refractivity contribution in [3.8, 4) is 11.1 Å². The minimum Gasteiger partial charge on any atom is -0.449 e. The highest BCUT2D eigenvalue weighted by Gasteiger charge is 2.52. The first kappa shape index (κ1) is 27.2. The average Bonchev–Trinajstić information content (AvgIpc) is 3.35. The predicted octanol–water partition coefficient (Wildman–Crippen LogP) is 5.05. The number of alkyl carbamates (subject to hydrolysis) is 1. The summed E-state index contributed by atoms with van der Waals surface area (Å²) in [7, 11) is -0.761. The van der Waals surface area contributed by atoms with Gasteiger partial charge in [-0.25, -0.2) is 9.78 Å². The zero-order valence-electron chi connectivity index (χ0n) is 22.7. The van der Waals surface area contributed by atoms with Crippen LogP contribution < -0.4 is 10.9 Å². The monoisotopic (exact) mass is 545 g/mol. The van der Waals surface area contributed by atoms with Crippen molar-refractivity contribution in [2.24, 2.45) is 0 Å². The minimum atomic E-state index is -0.761. The molecule has 39 heavy (non-hydrogen) atoms. The van der Waals surface area contributed by atoms with Crippen molar-refractivity contribution >= 4 is 31.0 Å². The number of carbonyl (C=O) groups excluding carboxylic acids is 1. The molecule has 2 aromatic carbocycles. The zero-order chi connectivity index (χ0) is 27.8. The number of hydrogen-bond donors (Lipinski definition) is 2. The molecule has 0 radical (unpaired) electrons. The lowest BCUT2D eigenvalue weighted by Crippen LogP contribution is -2.41. The molecule has 8 nitrogen and oxygen atoms in total. The maximum atomic E-state index is 12.9. The summed E-state index contributed by atoms with van der Waals surface area (Å²) in [6.07, 6.45) is 4.43. The number of benzene rings is 2. The fourth-order valence-electron chi connectivity index (χ4n) is 4.82. The van der Waals surface area contributed by atoms with E-state index in [9.17, 15) is 9.59 Å². The van der Waals surface area contributed by atoms with Crippen LogP contribution in [0.15, 0.2) is 70.2 Å². The van der Waals surface area contributed by atoms with Gasteiger partial charge in [-0.15, -0.1) is 0 Å². The smallest absolute Gasteiger partial charge is 0.449 e. The number of thioether (sulfide) groups is 1. The van der Waals surface area contributed by atoms with Gasteiger partial charge in [-0.3, -0.25) is 4.79 Å². The summed E-state index contributed by atoms with van der Waals surface area (Å²) in [5.74, 6) is -0.0409. The van der Waals surface area contributed by atoms with Gasteiger partial charge in [0.25, 0.3) is 5.56 Å². The van der Waals surface area contributed by atoms with E-state index in [4.69, 9.17) is 14.0 Å². The first-order valence-electron chi connectivity index (χ1n) is 12.9. The van der Waals surface area contributed by atoms with E-state index in [0.29, 0.717) is 16.2 Å². The SMILES string of the molecule is CSc1ncc(C=C(CNC(=O)OCC2c3ccccc3-c3ccccc32)B2OC(C)(C)C(C)(C)O2)c(=O)[nH]1. The summed E-state index contributed by atoms with van der Waals surface area (Å²) in [5, 5.41) is 3.34. The van der Waals surface area contributed by atoms with Crippen LogP contribution in [0, 0.1) is 0 Å². The number of carbonyl (C=O) groups is 1. The molecule has 0 bridgehead atoms. The molecule has 2 aliphatic rings. The standard InChI is InChI=1S/C29H32BN3O5S/c1-28(2)29(3,4)38-30(37-28)19(14-18-15-31-26(39-5)33-25(18)34)16-32-27(35)36-17-24-22-12-8-6-10-20(22)21-11-7-9-13-23(21)24/h6-15,24H,16-17H2,1-5H3,(H,32,35)(H,31,33,34). The number of aromatic nitrogens is 2. The molecule has 1 aliphatic carbocycles. The van der Waals surface area contributed by atoms with E-state index in [0.717, 1.165) is 11.1 Å². The van der Waals surface area contributed by atoms with Crippen molar-refractivity contribution in [1.29, 1.82) is 0 Å². The molecule has 0 unspecified atom stereocenters. The van der Waals surface area contributed by atoms with Gasteiger partial charge in [-0.05, 0) is 61.7 Å². The molecular weight excluding hydrogens is 513 g/mol. The van der Waals surface area contributed by atoms with Crippen LogP contribution in [-0.2, 0) is 14.0 Å². The average molecular weight is 545 g/mol. The number of nitrogens with zero attached hydrogens (tertiary/aromatic N) is 1. The maximum Gasteiger partial charge on any atom is 0.492 e. The number of hydrogen-bond acceptors (Lipinski definition) is 7. The zero-order valence-corrected chi connectivity index (χ0v) is 23.6. The van der Waals surface area contributed by atoms with Gasteiger partial charge < -0.3 is 24.3 Å². The van der Waals surface area contributed by atoms with Gasteiger partial charge in [-0.2, -0.15) is 0 Å². The van der Waals surface area contributed by atoms with Crippen LogP contribution in [-0.4, -0.2) is 53.8 Å². The third kappa shape index (κ3) is 5.41. The molecule has 10 heteroatoms. The summed E-state index contributed by atoms with van der Waals surface area (Å²) in [5.41, 5.74) is 4.07. The van der Waals surface area contributed by atoms with E-state index in [1.54, 1.807) is 6.08 Å². The molecule has 0 saturated carbocycles. The normalized spacial score (nSPS) is 17.6. The van der Waals surface area contributed by atoms with Crippen molar-refractivity contribution < 1.29 is 18.8 Å². The van der Waals surface area contributed by atoms with E-state index < -0.39 is 24.4 Å². The number of fused-ring (bicyclic) bond motifs is 3. The number of aromatic amines is 1. The van der Waals surface area contributed by atoms with Gasteiger partial charge in [0.05, 0.1) is 16.8 Å². The van der Waals surface area contributed by atoms with Gasteiger partial charge in [0.15, 0.2) is 5.16 Å². The van der Waals surface area contributed by atoms with Crippen LogP contribution >= 0.6 is 11.8 Å². The Labute approximate surface area is 232 Å². The lowest BCUT2D eigenvalue weighted by Gasteiger charge is -2.32. The van der Waals surface area contributed by atoms with Crippen molar-refractivity contribution in [3.63, 3.8) is 0 Å². The fourth-order valence-corrected chi connectivity index (χ4v) is 5.17. The highest BCUT2D eigenvalue weighted by molar-refractivity contribution is 7.98. The molecule has 1 fully saturated rings. The Balaban J connectivity index is 1.32. The summed E-state index contributed by atoms with van der Waals surface area (Å²) in [4.78, 5) is 32.5. The Morgan fingerprint density at radius 1 is 1.08 bits per heavy atom. The summed E-state index contributed by atoms with van der Waals surface area (Å²) < 4.78 is 18.1. The summed E-state index contributed by atoms with van der Waals surface area (Å²) in [6.45, 7) is 8.07. The van der Waals surface area contributed by atoms with Gasteiger partial charge in [0.1, 0.15) is 6.61 Å². The Kier molecular flexibility index (Phi) is 7.46. The quantitative estimate of drug-likeness (QED) is 0.244. The first-order chi connectivity index (χ1) is 18.6. The minimum absolute atomic E-state index is 0.0409. The Hall–Kier alpha value is -3.34. The van der Waals surface area contributed by atoms with Crippen LogP contribution in [0.1, 0.15) is 50.3 Å². The first-order valence-corrected chi connectivity index (χ1v) is 14.1. The van der Waals surface area contributed by atoms with E-state index in [1.165, 1.54) is 29.1 Å². The number of ether oxygens (including phenoxy) is 1. The molecule has 1 aromatic heterocycles. The van der Waals surface area contributed by atoms with Crippen LogP contribution in [0.3, 0.4) is 0 Å². The van der Waals surface area contributed by atoms with Crippen LogP contribution in [0.25, 0.3) is 17.2 Å². The van der Waals surface area contributed by atoms with E-state index in [-0.39, 0.29) is 24.6 Å². The van der Waals surface area contributed by atoms with Crippen molar-refractivity contribution in [2.75, 3.05) is 19.4 Å². The second-order valence-corrected chi connectivity index (χ2v) is 11.5. The van der Waals surface area contributed by atoms with Gasteiger partial charge >= 0.3 is 13.2 Å². The molecule has 2 N–H and O–H groups in total. The van der Waals surface area contributed by atoms with Gasteiger partial charge in [0, 0.05) is 18.7 Å². The third-order valence-electron chi connectivity index (χ3n) is 7.67. The summed E-state index contributed by atoms with van der Waals surface area (Å²) in [6, 6.07) is 16.4. The molecule has 0 atom stereocenters. The van der Waals surface area contributed by atoms with Crippen LogP contribution in [0.5, 0.6) is 0 Å².